The molecule has 4 heteroatoms. The Hall–Kier alpha value is -0.450. The van der Waals surface area contributed by atoms with E-state index >= 15 is 0 Å². The predicted octanol–water partition coefficient (Wildman–Crippen LogP) is 3.93. The van der Waals surface area contributed by atoms with E-state index < -0.39 is 0 Å². The molecule has 0 spiro atoms. The lowest BCUT2D eigenvalue weighted by Gasteiger charge is -2.25. The zero-order valence-corrected chi connectivity index (χ0v) is 13.7. The Morgan fingerprint density at radius 3 is 2.60 bits per heavy atom. The highest BCUT2D eigenvalue weighted by molar-refractivity contribution is 7.11. The first-order chi connectivity index (χ1) is 9.66. The summed E-state index contributed by atoms with van der Waals surface area (Å²) in [7, 11) is 0. The summed E-state index contributed by atoms with van der Waals surface area (Å²) in [6.07, 6.45) is 6.30. The zero-order chi connectivity index (χ0) is 14.2. The lowest BCUT2D eigenvalue weighted by molar-refractivity contribution is -0.0325. The van der Waals surface area contributed by atoms with E-state index in [1.807, 2.05) is 11.3 Å². The summed E-state index contributed by atoms with van der Waals surface area (Å²) in [5.41, 5.74) is 1.15. The van der Waals surface area contributed by atoms with Gasteiger partial charge in [0.25, 0.3) is 0 Å². The zero-order valence-electron chi connectivity index (χ0n) is 12.9. The van der Waals surface area contributed by atoms with Crippen LogP contribution in [0.1, 0.15) is 74.4 Å². The molecule has 112 valence electrons. The Morgan fingerprint density at radius 1 is 1.30 bits per heavy atom. The molecule has 1 N–H and O–H groups in total. The molecule has 0 bridgehead atoms. The van der Waals surface area contributed by atoms with Crippen molar-refractivity contribution < 1.29 is 4.74 Å². The van der Waals surface area contributed by atoms with Gasteiger partial charge < -0.3 is 10.1 Å². The fraction of sp³-hybridized carbons (Fsp3) is 0.812. The molecule has 0 aliphatic heterocycles. The second-order valence-corrected chi connectivity index (χ2v) is 7.36. The monoisotopic (exact) mass is 294 g/mol. The average molecular weight is 294 g/mol. The van der Waals surface area contributed by atoms with Crippen LogP contribution in [0.4, 0.5) is 0 Å². The summed E-state index contributed by atoms with van der Waals surface area (Å²) < 4.78 is 6.00. The number of hydrogen-bond acceptors (Lipinski definition) is 4. The van der Waals surface area contributed by atoms with E-state index in [0.29, 0.717) is 0 Å². The second kappa shape index (κ2) is 5.74. The van der Waals surface area contributed by atoms with Gasteiger partial charge in [0.05, 0.1) is 5.69 Å². The van der Waals surface area contributed by atoms with Crippen LogP contribution in [-0.2, 0) is 16.9 Å². The van der Waals surface area contributed by atoms with E-state index in [1.54, 1.807) is 0 Å². The van der Waals surface area contributed by atoms with Crippen molar-refractivity contribution in [2.75, 3.05) is 6.61 Å². The third-order valence-corrected chi connectivity index (χ3v) is 5.73. The van der Waals surface area contributed by atoms with Crippen molar-refractivity contribution in [1.82, 2.24) is 10.3 Å². The minimum absolute atomic E-state index is 0.207. The number of nitrogens with one attached hydrogen (secondary N) is 1. The highest BCUT2D eigenvalue weighted by Crippen LogP contribution is 2.45. The van der Waals surface area contributed by atoms with Gasteiger partial charge in [0, 0.05) is 30.0 Å². The molecular formula is C16H26N2OS. The van der Waals surface area contributed by atoms with Gasteiger partial charge in [-0.15, -0.1) is 11.3 Å². The van der Waals surface area contributed by atoms with E-state index in [0.717, 1.165) is 31.5 Å². The maximum atomic E-state index is 6.00. The van der Waals surface area contributed by atoms with Gasteiger partial charge in [0.15, 0.2) is 0 Å². The minimum atomic E-state index is -0.207. The Bertz CT molecular complexity index is 465. The lowest BCUT2D eigenvalue weighted by Crippen LogP contribution is -2.24. The predicted molar refractivity (Wildman–Crippen MR) is 83.2 cm³/mol. The number of aromatic nitrogens is 1. The van der Waals surface area contributed by atoms with Crippen molar-refractivity contribution in [2.45, 2.75) is 77.0 Å². The van der Waals surface area contributed by atoms with Gasteiger partial charge in [-0.1, -0.05) is 6.92 Å². The Kier molecular flexibility index (Phi) is 4.16. The summed E-state index contributed by atoms with van der Waals surface area (Å²) >= 11 is 1.87. The van der Waals surface area contributed by atoms with E-state index in [9.17, 15) is 0 Å². The van der Waals surface area contributed by atoms with E-state index in [-0.39, 0.29) is 5.60 Å². The summed E-state index contributed by atoms with van der Waals surface area (Å²) in [5, 5.41) is 4.82. The van der Waals surface area contributed by atoms with Crippen LogP contribution in [0.3, 0.4) is 0 Å². The molecule has 2 aliphatic carbocycles. The highest BCUT2D eigenvalue weighted by Gasteiger charge is 2.35. The van der Waals surface area contributed by atoms with Crippen molar-refractivity contribution in [3.63, 3.8) is 0 Å². The Labute approximate surface area is 126 Å². The molecule has 1 aromatic heterocycles. The van der Waals surface area contributed by atoms with Crippen molar-refractivity contribution >= 4 is 11.3 Å². The largest absolute Gasteiger partial charge is 0.368 e. The Balaban J connectivity index is 1.81. The molecule has 1 aromatic rings. The van der Waals surface area contributed by atoms with Gasteiger partial charge >= 0.3 is 0 Å². The van der Waals surface area contributed by atoms with Crippen molar-refractivity contribution in [3.8, 4) is 0 Å². The second-order valence-electron chi connectivity index (χ2n) is 6.27. The maximum absolute atomic E-state index is 6.00. The first kappa shape index (κ1) is 14.5. The minimum Gasteiger partial charge on any atom is -0.368 e. The van der Waals surface area contributed by atoms with Gasteiger partial charge in [0.1, 0.15) is 10.6 Å². The smallest absolute Gasteiger partial charge is 0.125 e. The molecule has 2 fully saturated rings. The summed E-state index contributed by atoms with van der Waals surface area (Å²) in [5.74, 6) is 0.721. The van der Waals surface area contributed by atoms with Crippen LogP contribution < -0.4 is 5.32 Å². The molecule has 1 atom stereocenters. The normalized spacial score (nSPS) is 21.9. The molecule has 0 aromatic carbocycles. The third kappa shape index (κ3) is 3.07. The number of thiazole rings is 1. The van der Waals surface area contributed by atoms with E-state index in [1.165, 1.54) is 41.3 Å². The fourth-order valence-electron chi connectivity index (χ4n) is 2.55. The molecule has 1 unspecified atom stereocenters. The van der Waals surface area contributed by atoms with Gasteiger partial charge in [0.2, 0.25) is 0 Å². The van der Waals surface area contributed by atoms with Crippen LogP contribution in [0.15, 0.2) is 0 Å². The molecule has 1 heterocycles. The van der Waals surface area contributed by atoms with Crippen LogP contribution in [0.5, 0.6) is 0 Å². The molecule has 0 amide bonds. The molecule has 3 rings (SSSR count). The SMILES string of the molecule is CCOC(C)(CC)c1nc(C2CC2)c(CNC2CC2)s1. The van der Waals surface area contributed by atoms with E-state index in [2.05, 4.69) is 26.1 Å². The van der Waals surface area contributed by atoms with Crippen molar-refractivity contribution in [3.05, 3.63) is 15.6 Å². The number of rotatable bonds is 8. The third-order valence-electron chi connectivity index (χ3n) is 4.41. The number of hydrogen-bond donors (Lipinski definition) is 1. The van der Waals surface area contributed by atoms with E-state index in [4.69, 9.17) is 9.72 Å². The van der Waals surface area contributed by atoms with Crippen LogP contribution >= 0.6 is 11.3 Å². The fourth-order valence-corrected chi connectivity index (χ4v) is 3.82. The molecule has 0 saturated heterocycles. The molecule has 2 aliphatic rings. The summed E-state index contributed by atoms with van der Waals surface area (Å²) in [4.78, 5) is 6.44. The standard InChI is InChI=1S/C16H26N2OS/c1-4-16(3,19-5-2)15-18-14(11-6-7-11)13(20-15)10-17-12-8-9-12/h11-12,17H,4-10H2,1-3H3. The molecule has 3 nitrogen and oxygen atoms in total. The quantitative estimate of drug-likeness (QED) is 0.788. The average Bonchev–Trinajstić information content (AvgIpc) is 3.36. The maximum Gasteiger partial charge on any atom is 0.125 e. The van der Waals surface area contributed by atoms with Gasteiger partial charge in [-0.3, -0.25) is 0 Å². The Morgan fingerprint density at radius 2 is 2.05 bits per heavy atom. The van der Waals surface area contributed by atoms with Crippen LogP contribution in [0.25, 0.3) is 0 Å². The van der Waals surface area contributed by atoms with Gasteiger partial charge in [-0.2, -0.15) is 0 Å². The highest BCUT2D eigenvalue weighted by atomic mass is 32.1. The number of ether oxygens (including phenoxy) is 1. The van der Waals surface area contributed by atoms with Gasteiger partial charge in [-0.05, 0) is 46.0 Å². The molecule has 2 saturated carbocycles. The van der Waals surface area contributed by atoms with Crippen LogP contribution in [-0.4, -0.2) is 17.6 Å². The van der Waals surface area contributed by atoms with Crippen molar-refractivity contribution in [2.24, 2.45) is 0 Å². The lowest BCUT2D eigenvalue weighted by atomic mass is 10.0. The topological polar surface area (TPSA) is 34.1 Å². The van der Waals surface area contributed by atoms with Crippen LogP contribution in [0, 0.1) is 0 Å². The van der Waals surface area contributed by atoms with Crippen molar-refractivity contribution in [1.29, 1.82) is 0 Å². The number of nitrogens with zero attached hydrogens (tertiary/aromatic N) is 1. The summed E-state index contributed by atoms with van der Waals surface area (Å²) in [6, 6.07) is 0.761. The summed E-state index contributed by atoms with van der Waals surface area (Å²) in [6.45, 7) is 8.19. The first-order valence-electron chi connectivity index (χ1n) is 8.03. The first-order valence-corrected chi connectivity index (χ1v) is 8.85. The molecule has 20 heavy (non-hydrogen) atoms. The van der Waals surface area contributed by atoms with Crippen LogP contribution in [0.2, 0.25) is 0 Å². The van der Waals surface area contributed by atoms with Gasteiger partial charge in [-0.25, -0.2) is 4.98 Å². The molecule has 0 radical (unpaired) electrons. The molecular weight excluding hydrogens is 268 g/mol.